The van der Waals surface area contributed by atoms with E-state index in [9.17, 15) is 4.79 Å². The van der Waals surface area contributed by atoms with Crippen molar-refractivity contribution >= 4 is 34.7 Å². The third-order valence-corrected chi connectivity index (χ3v) is 5.57. The summed E-state index contributed by atoms with van der Waals surface area (Å²) in [6.45, 7) is 0. The van der Waals surface area contributed by atoms with Gasteiger partial charge in [0.25, 0.3) is 0 Å². The van der Waals surface area contributed by atoms with Crippen LogP contribution in [0.15, 0.2) is 61.8 Å². The van der Waals surface area contributed by atoms with E-state index >= 15 is 0 Å². The number of hydrogen-bond donors (Lipinski definition) is 1. The molecule has 1 aliphatic carbocycles. The Kier molecular flexibility index (Phi) is 3.88. The van der Waals surface area contributed by atoms with Gasteiger partial charge < -0.3 is 9.73 Å². The molecule has 1 saturated carbocycles. The molecule has 3 aromatic rings. The van der Waals surface area contributed by atoms with Crippen molar-refractivity contribution in [3.8, 4) is 0 Å². The molecule has 23 heavy (non-hydrogen) atoms. The molecule has 0 radical (unpaired) electrons. The van der Waals surface area contributed by atoms with Gasteiger partial charge in [0.05, 0.1) is 12.0 Å². The molecule has 4 rings (SSSR count). The van der Waals surface area contributed by atoms with Crippen molar-refractivity contribution in [2.45, 2.75) is 21.6 Å². The zero-order valence-corrected chi connectivity index (χ0v) is 13.6. The number of rotatable bonds is 5. The van der Waals surface area contributed by atoms with Crippen LogP contribution < -0.4 is 5.32 Å². The van der Waals surface area contributed by atoms with E-state index in [0.717, 1.165) is 27.1 Å². The van der Waals surface area contributed by atoms with E-state index in [1.165, 1.54) is 23.1 Å². The number of nitrogens with zero attached hydrogens (tertiary/aromatic N) is 2. The Bertz CT molecular complexity index is 803. The zero-order valence-electron chi connectivity index (χ0n) is 12.0. The molecule has 1 N–H and O–H groups in total. The standard InChI is InChI=1S/C16H13N3O2S2/c20-15(11-8-10(11)13-5-3-7-21-13)18-12-4-1-2-6-14(12)23-16-19-17-9-22-16/h1-7,9-11H,8H2,(H,18,20)/t10-,11-/m0/s1. The molecule has 2 heterocycles. The molecular formula is C16H13N3O2S2. The molecule has 1 aliphatic rings. The van der Waals surface area contributed by atoms with Crippen LogP contribution >= 0.6 is 23.1 Å². The van der Waals surface area contributed by atoms with Crippen molar-refractivity contribution in [2.75, 3.05) is 5.32 Å². The average Bonchev–Trinajstić information content (AvgIpc) is 2.97. The monoisotopic (exact) mass is 343 g/mol. The van der Waals surface area contributed by atoms with Crippen molar-refractivity contribution in [3.63, 3.8) is 0 Å². The quantitative estimate of drug-likeness (QED) is 0.758. The minimum atomic E-state index is -0.0132. The molecule has 0 spiro atoms. The number of furan rings is 1. The number of para-hydroxylation sites is 1. The lowest BCUT2D eigenvalue weighted by atomic mass is 10.2. The summed E-state index contributed by atoms with van der Waals surface area (Å²) >= 11 is 2.98. The Balaban J connectivity index is 1.46. The summed E-state index contributed by atoms with van der Waals surface area (Å²) < 4.78 is 6.24. The van der Waals surface area contributed by atoms with Crippen LogP contribution in [0.3, 0.4) is 0 Å². The molecule has 1 fully saturated rings. The Hall–Kier alpha value is -2.12. The minimum Gasteiger partial charge on any atom is -0.469 e. The van der Waals surface area contributed by atoms with Gasteiger partial charge in [-0.3, -0.25) is 4.79 Å². The predicted molar refractivity (Wildman–Crippen MR) is 88.7 cm³/mol. The summed E-state index contributed by atoms with van der Waals surface area (Å²) in [7, 11) is 0. The third-order valence-electron chi connectivity index (χ3n) is 3.72. The molecule has 1 aromatic carbocycles. The van der Waals surface area contributed by atoms with Crippen molar-refractivity contribution < 1.29 is 9.21 Å². The molecule has 0 unspecified atom stereocenters. The van der Waals surface area contributed by atoms with E-state index in [0.29, 0.717) is 0 Å². The molecule has 2 atom stereocenters. The largest absolute Gasteiger partial charge is 0.469 e. The maximum absolute atomic E-state index is 12.4. The average molecular weight is 343 g/mol. The van der Waals surface area contributed by atoms with Crippen LogP contribution in [-0.4, -0.2) is 16.1 Å². The maximum atomic E-state index is 12.4. The van der Waals surface area contributed by atoms with Gasteiger partial charge in [-0.1, -0.05) is 35.2 Å². The first-order valence-electron chi connectivity index (χ1n) is 7.18. The lowest BCUT2D eigenvalue weighted by molar-refractivity contribution is -0.117. The molecule has 0 aliphatic heterocycles. The van der Waals surface area contributed by atoms with E-state index in [-0.39, 0.29) is 17.7 Å². The van der Waals surface area contributed by atoms with Crippen LogP contribution in [0.25, 0.3) is 0 Å². The normalized spacial score (nSPS) is 19.5. The van der Waals surface area contributed by atoms with Crippen LogP contribution in [0.1, 0.15) is 18.1 Å². The maximum Gasteiger partial charge on any atom is 0.228 e. The third kappa shape index (κ3) is 3.16. The molecule has 116 valence electrons. The molecule has 0 saturated heterocycles. The highest BCUT2D eigenvalue weighted by molar-refractivity contribution is 8.01. The van der Waals surface area contributed by atoms with Crippen molar-refractivity contribution in [3.05, 3.63) is 53.9 Å². The molecule has 2 aromatic heterocycles. The van der Waals surface area contributed by atoms with Gasteiger partial charge in [-0.15, -0.1) is 10.2 Å². The van der Waals surface area contributed by atoms with Crippen LogP contribution in [0.4, 0.5) is 5.69 Å². The van der Waals surface area contributed by atoms with Gasteiger partial charge in [0.2, 0.25) is 5.91 Å². The highest BCUT2D eigenvalue weighted by Crippen LogP contribution is 2.48. The minimum absolute atomic E-state index is 0.0132. The first-order chi connectivity index (χ1) is 11.3. The Labute approximate surface area is 141 Å². The van der Waals surface area contributed by atoms with Crippen LogP contribution in [-0.2, 0) is 4.79 Å². The van der Waals surface area contributed by atoms with Gasteiger partial charge in [0.15, 0.2) is 4.34 Å². The first kappa shape index (κ1) is 14.5. The number of anilines is 1. The molecule has 7 heteroatoms. The summed E-state index contributed by atoms with van der Waals surface area (Å²) in [5.41, 5.74) is 2.50. The number of hydrogen-bond acceptors (Lipinski definition) is 6. The van der Waals surface area contributed by atoms with Gasteiger partial charge in [-0.2, -0.15) is 0 Å². The summed E-state index contributed by atoms with van der Waals surface area (Å²) in [4.78, 5) is 13.4. The van der Waals surface area contributed by atoms with Gasteiger partial charge in [-0.25, -0.2) is 0 Å². The Morgan fingerprint density at radius 3 is 3.00 bits per heavy atom. The topological polar surface area (TPSA) is 68.0 Å². The second-order valence-electron chi connectivity index (χ2n) is 5.26. The number of aromatic nitrogens is 2. The van der Waals surface area contributed by atoms with Crippen molar-refractivity contribution in [1.29, 1.82) is 0 Å². The van der Waals surface area contributed by atoms with E-state index in [1.807, 2.05) is 36.4 Å². The summed E-state index contributed by atoms with van der Waals surface area (Å²) in [5, 5.41) is 10.9. The molecular weight excluding hydrogens is 330 g/mol. The SMILES string of the molecule is O=C(Nc1ccccc1Sc1nncs1)[C@H]1C[C@@H]1c1ccco1. The Morgan fingerprint density at radius 2 is 2.22 bits per heavy atom. The molecule has 0 bridgehead atoms. The van der Waals surface area contributed by atoms with Gasteiger partial charge in [-0.05, 0) is 30.7 Å². The van der Waals surface area contributed by atoms with Crippen LogP contribution in [0.2, 0.25) is 0 Å². The summed E-state index contributed by atoms with van der Waals surface area (Å²) in [6.07, 6.45) is 2.49. The first-order valence-corrected chi connectivity index (χ1v) is 8.88. The van der Waals surface area contributed by atoms with Crippen molar-refractivity contribution in [1.82, 2.24) is 10.2 Å². The fourth-order valence-electron chi connectivity index (χ4n) is 2.49. The number of benzene rings is 1. The van der Waals surface area contributed by atoms with Gasteiger partial charge in [0.1, 0.15) is 11.3 Å². The zero-order chi connectivity index (χ0) is 15.6. The lowest BCUT2D eigenvalue weighted by Gasteiger charge is -2.09. The fourth-order valence-corrected chi connectivity index (χ4v) is 4.01. The highest BCUT2D eigenvalue weighted by Gasteiger charge is 2.45. The second kappa shape index (κ2) is 6.17. The summed E-state index contributed by atoms with van der Waals surface area (Å²) in [5.74, 6) is 1.12. The smallest absolute Gasteiger partial charge is 0.228 e. The number of carbonyl (C=O) groups excluding carboxylic acids is 1. The van der Waals surface area contributed by atoms with E-state index in [2.05, 4.69) is 15.5 Å². The Morgan fingerprint density at radius 1 is 1.30 bits per heavy atom. The highest BCUT2D eigenvalue weighted by atomic mass is 32.2. The number of amides is 1. The van der Waals surface area contributed by atoms with Gasteiger partial charge in [0, 0.05) is 16.7 Å². The molecule has 1 amide bonds. The fraction of sp³-hybridized carbons (Fsp3) is 0.188. The van der Waals surface area contributed by atoms with E-state index in [4.69, 9.17) is 4.42 Å². The van der Waals surface area contributed by atoms with E-state index < -0.39 is 0 Å². The number of carbonyl (C=O) groups is 1. The van der Waals surface area contributed by atoms with Crippen LogP contribution in [0, 0.1) is 5.92 Å². The van der Waals surface area contributed by atoms with Crippen LogP contribution in [0.5, 0.6) is 0 Å². The predicted octanol–water partition coefficient (Wildman–Crippen LogP) is 4.02. The lowest BCUT2D eigenvalue weighted by Crippen LogP contribution is -2.15. The summed E-state index contributed by atoms with van der Waals surface area (Å²) in [6, 6.07) is 11.5. The van der Waals surface area contributed by atoms with Crippen molar-refractivity contribution in [2.24, 2.45) is 5.92 Å². The second-order valence-corrected chi connectivity index (χ2v) is 7.38. The molecule has 5 nitrogen and oxygen atoms in total. The van der Waals surface area contributed by atoms with Gasteiger partial charge >= 0.3 is 0 Å². The van der Waals surface area contributed by atoms with E-state index in [1.54, 1.807) is 11.8 Å². The number of nitrogens with one attached hydrogen (secondary N) is 1.